The van der Waals surface area contributed by atoms with E-state index in [0.717, 1.165) is 38.3 Å². The van der Waals surface area contributed by atoms with Crippen LogP contribution in [0.4, 0.5) is 5.13 Å². The largest absolute Gasteiger partial charge is 0.496 e. The van der Waals surface area contributed by atoms with Gasteiger partial charge in [0.25, 0.3) is 5.91 Å². The van der Waals surface area contributed by atoms with Crippen LogP contribution < -0.4 is 10.1 Å². The maximum absolute atomic E-state index is 13.0. The molecule has 0 aliphatic carbocycles. The third kappa shape index (κ3) is 3.63. The van der Waals surface area contributed by atoms with Gasteiger partial charge in [0.1, 0.15) is 5.75 Å². The highest BCUT2D eigenvalue weighted by Crippen LogP contribution is 2.32. The van der Waals surface area contributed by atoms with Crippen molar-refractivity contribution >= 4 is 49.3 Å². The lowest BCUT2D eigenvalue weighted by Gasteiger charge is -2.06. The van der Waals surface area contributed by atoms with Gasteiger partial charge in [-0.1, -0.05) is 0 Å². The van der Waals surface area contributed by atoms with Crippen LogP contribution in [0, 0.1) is 13.8 Å². The number of amides is 1. The molecule has 7 nitrogen and oxygen atoms in total. The molecule has 148 valence electrons. The second-order valence-corrected chi connectivity index (χ2v) is 8.27. The average molecular weight is 472 g/mol. The Morgan fingerprint density at radius 2 is 2.03 bits per heavy atom. The molecule has 0 aliphatic heterocycles. The fraction of sp³-hybridized carbons (Fsp3) is 0.200. The molecule has 29 heavy (non-hydrogen) atoms. The quantitative estimate of drug-likeness (QED) is 0.465. The summed E-state index contributed by atoms with van der Waals surface area (Å²) in [6.45, 7) is 3.74. The fourth-order valence-corrected chi connectivity index (χ4v) is 4.46. The second-order valence-electron chi connectivity index (χ2n) is 6.56. The first kappa shape index (κ1) is 19.5. The zero-order valence-corrected chi connectivity index (χ0v) is 18.7. The summed E-state index contributed by atoms with van der Waals surface area (Å²) in [5, 5.41) is 10.5. The Hall–Kier alpha value is -2.78. The zero-order valence-electron chi connectivity index (χ0n) is 16.3. The maximum Gasteiger partial charge on any atom is 0.258 e. The van der Waals surface area contributed by atoms with E-state index in [0.29, 0.717) is 16.3 Å². The number of aromatic nitrogens is 4. The Morgan fingerprint density at radius 1 is 1.24 bits per heavy atom. The molecule has 3 heterocycles. The predicted octanol–water partition coefficient (Wildman–Crippen LogP) is 4.73. The number of pyridine rings is 1. The van der Waals surface area contributed by atoms with Crippen LogP contribution in [0.1, 0.15) is 21.7 Å². The molecule has 0 saturated heterocycles. The summed E-state index contributed by atoms with van der Waals surface area (Å²) < 4.78 is 7.80. The molecule has 1 aromatic carbocycles. The molecule has 0 saturated carbocycles. The van der Waals surface area contributed by atoms with Gasteiger partial charge in [-0.3, -0.25) is 14.8 Å². The Morgan fingerprint density at radius 3 is 2.76 bits per heavy atom. The SMILES string of the molecule is COc1ccc(-c2csc(NC(=O)c3cc(C)nc4c3c(C)nn4C)n2)cc1Br. The van der Waals surface area contributed by atoms with E-state index in [9.17, 15) is 4.79 Å². The summed E-state index contributed by atoms with van der Waals surface area (Å²) in [4.78, 5) is 22.1. The van der Waals surface area contributed by atoms with Crippen molar-refractivity contribution in [1.82, 2.24) is 19.7 Å². The number of nitrogens with one attached hydrogen (secondary N) is 1. The van der Waals surface area contributed by atoms with E-state index in [2.05, 4.69) is 36.3 Å². The van der Waals surface area contributed by atoms with Gasteiger partial charge in [0.05, 0.1) is 33.9 Å². The van der Waals surface area contributed by atoms with Gasteiger partial charge < -0.3 is 4.74 Å². The number of carbonyl (C=O) groups excluding carboxylic acids is 1. The number of thiazole rings is 1. The van der Waals surface area contributed by atoms with E-state index in [-0.39, 0.29) is 5.91 Å². The number of fused-ring (bicyclic) bond motifs is 1. The summed E-state index contributed by atoms with van der Waals surface area (Å²) in [6, 6.07) is 7.52. The number of hydrogen-bond acceptors (Lipinski definition) is 6. The maximum atomic E-state index is 13.0. The van der Waals surface area contributed by atoms with Crippen LogP contribution in [-0.4, -0.2) is 32.8 Å². The topological polar surface area (TPSA) is 81.9 Å². The average Bonchev–Trinajstić information content (AvgIpc) is 3.25. The number of hydrogen-bond donors (Lipinski definition) is 1. The van der Waals surface area contributed by atoms with Crippen molar-refractivity contribution in [3.8, 4) is 17.0 Å². The van der Waals surface area contributed by atoms with Crippen molar-refractivity contribution < 1.29 is 9.53 Å². The highest BCUT2D eigenvalue weighted by Gasteiger charge is 2.19. The molecule has 0 fully saturated rings. The van der Waals surface area contributed by atoms with Crippen molar-refractivity contribution in [2.45, 2.75) is 13.8 Å². The molecule has 4 rings (SSSR count). The molecule has 0 atom stereocenters. The van der Waals surface area contributed by atoms with Crippen LogP contribution in [-0.2, 0) is 7.05 Å². The predicted molar refractivity (Wildman–Crippen MR) is 118 cm³/mol. The first-order valence-electron chi connectivity index (χ1n) is 8.79. The van der Waals surface area contributed by atoms with Crippen molar-refractivity contribution in [3.05, 3.63) is 51.1 Å². The van der Waals surface area contributed by atoms with Crippen LogP contribution in [0.3, 0.4) is 0 Å². The van der Waals surface area contributed by atoms with Crippen LogP contribution in [0.25, 0.3) is 22.3 Å². The summed E-state index contributed by atoms with van der Waals surface area (Å²) >= 11 is 4.86. The highest BCUT2D eigenvalue weighted by molar-refractivity contribution is 9.10. The van der Waals surface area contributed by atoms with Gasteiger partial charge >= 0.3 is 0 Å². The van der Waals surface area contributed by atoms with Crippen molar-refractivity contribution in [2.75, 3.05) is 12.4 Å². The van der Waals surface area contributed by atoms with E-state index in [4.69, 9.17) is 4.74 Å². The molecule has 3 aromatic heterocycles. The highest BCUT2D eigenvalue weighted by atomic mass is 79.9. The van der Waals surface area contributed by atoms with E-state index in [1.807, 2.05) is 44.5 Å². The number of carbonyl (C=O) groups is 1. The van der Waals surface area contributed by atoms with E-state index in [1.165, 1.54) is 11.3 Å². The van der Waals surface area contributed by atoms with Crippen LogP contribution in [0.2, 0.25) is 0 Å². The van der Waals surface area contributed by atoms with Gasteiger partial charge in [-0.15, -0.1) is 11.3 Å². The third-order valence-corrected chi connectivity index (χ3v) is 5.89. The minimum Gasteiger partial charge on any atom is -0.496 e. The zero-order chi connectivity index (χ0) is 20.7. The molecular weight excluding hydrogens is 454 g/mol. The van der Waals surface area contributed by atoms with E-state index < -0.39 is 0 Å². The fourth-order valence-electron chi connectivity index (χ4n) is 3.20. The second kappa shape index (κ2) is 7.57. The van der Waals surface area contributed by atoms with E-state index in [1.54, 1.807) is 17.9 Å². The van der Waals surface area contributed by atoms with Gasteiger partial charge in [-0.05, 0) is 54.0 Å². The monoisotopic (exact) mass is 471 g/mol. The number of nitrogens with zero attached hydrogens (tertiary/aromatic N) is 4. The lowest BCUT2D eigenvalue weighted by atomic mass is 10.1. The van der Waals surface area contributed by atoms with Crippen molar-refractivity contribution in [1.29, 1.82) is 0 Å². The van der Waals surface area contributed by atoms with Crippen LogP contribution in [0.5, 0.6) is 5.75 Å². The number of halogens is 1. The van der Waals surface area contributed by atoms with Gasteiger partial charge in [0.15, 0.2) is 10.8 Å². The number of ether oxygens (including phenoxy) is 1. The van der Waals surface area contributed by atoms with Gasteiger partial charge in [0.2, 0.25) is 0 Å². The van der Waals surface area contributed by atoms with Crippen molar-refractivity contribution in [3.63, 3.8) is 0 Å². The first-order chi connectivity index (χ1) is 13.9. The Bertz CT molecular complexity index is 1250. The third-order valence-electron chi connectivity index (χ3n) is 4.51. The van der Waals surface area contributed by atoms with Gasteiger partial charge in [-0.2, -0.15) is 5.10 Å². The van der Waals surface area contributed by atoms with Crippen LogP contribution in [0.15, 0.2) is 34.1 Å². The lowest BCUT2D eigenvalue weighted by Crippen LogP contribution is -2.13. The Labute approximate surface area is 179 Å². The number of rotatable bonds is 4. The van der Waals surface area contributed by atoms with Gasteiger partial charge in [0, 0.05) is 23.7 Å². The Balaban J connectivity index is 1.64. The standard InChI is InChI=1S/C20H18BrN5O2S/c1-10-7-13(17-11(2)25-26(3)18(17)22-10)19(27)24-20-23-15(9-29-20)12-5-6-16(28-4)14(21)8-12/h5-9H,1-4H3,(H,23,24,27). The molecule has 1 amide bonds. The summed E-state index contributed by atoms with van der Waals surface area (Å²) in [5.74, 6) is 0.523. The number of aryl methyl sites for hydroxylation is 3. The molecule has 9 heteroatoms. The molecule has 4 aromatic rings. The number of benzene rings is 1. The summed E-state index contributed by atoms with van der Waals surface area (Å²) in [6.07, 6.45) is 0. The minimum absolute atomic E-state index is 0.228. The Kier molecular flexibility index (Phi) is 5.10. The minimum atomic E-state index is -0.228. The van der Waals surface area contributed by atoms with Crippen molar-refractivity contribution in [2.24, 2.45) is 7.05 Å². The molecule has 0 aliphatic rings. The van der Waals surface area contributed by atoms with Crippen LogP contribution >= 0.6 is 27.3 Å². The summed E-state index contributed by atoms with van der Waals surface area (Å²) in [7, 11) is 3.45. The number of methoxy groups -OCH3 is 1. The first-order valence-corrected chi connectivity index (χ1v) is 10.5. The molecule has 0 radical (unpaired) electrons. The smallest absolute Gasteiger partial charge is 0.258 e. The lowest BCUT2D eigenvalue weighted by molar-refractivity contribution is 0.102. The molecular formula is C20H18BrN5O2S. The molecule has 0 unspecified atom stereocenters. The molecule has 0 bridgehead atoms. The molecule has 0 spiro atoms. The molecule has 1 N–H and O–H groups in total. The number of anilines is 1. The normalized spacial score (nSPS) is 11.1. The summed E-state index contributed by atoms with van der Waals surface area (Å²) in [5.41, 5.74) is 4.47. The van der Waals surface area contributed by atoms with E-state index >= 15 is 0 Å². The van der Waals surface area contributed by atoms with Gasteiger partial charge in [-0.25, -0.2) is 9.97 Å².